The van der Waals surface area contributed by atoms with Gasteiger partial charge in [0.1, 0.15) is 5.60 Å². The molecule has 1 saturated heterocycles. The topological polar surface area (TPSA) is 38.8 Å². The Morgan fingerprint density at radius 1 is 1.60 bits per heavy atom. The van der Waals surface area contributed by atoms with E-state index in [-0.39, 0.29) is 5.97 Å². The quantitative estimate of drug-likeness (QED) is 0.573. The van der Waals surface area contributed by atoms with Crippen molar-refractivity contribution in [2.24, 2.45) is 0 Å². The van der Waals surface area contributed by atoms with Crippen molar-refractivity contribution in [1.82, 2.24) is 0 Å². The number of carbonyl (C=O) groups excluding carboxylic acids is 1. The van der Waals surface area contributed by atoms with E-state index >= 15 is 0 Å². The van der Waals surface area contributed by atoms with Gasteiger partial charge in [0.15, 0.2) is 6.10 Å². The smallest absolute Gasteiger partial charge is 0.338 e. The highest BCUT2D eigenvalue weighted by Gasteiger charge is 2.59. The van der Waals surface area contributed by atoms with Gasteiger partial charge < -0.3 is 9.47 Å². The molecule has 1 aromatic rings. The molecule has 0 amide bonds. The van der Waals surface area contributed by atoms with Crippen molar-refractivity contribution in [2.75, 3.05) is 7.11 Å². The summed E-state index contributed by atoms with van der Waals surface area (Å²) in [6.07, 6.45) is -0.513. The third-order valence-corrected chi connectivity index (χ3v) is 2.85. The van der Waals surface area contributed by atoms with Gasteiger partial charge in [-0.25, -0.2) is 4.79 Å². The fraction of sp³-hybridized carbons (Fsp3) is 0.364. The van der Waals surface area contributed by atoms with Gasteiger partial charge in [-0.2, -0.15) is 0 Å². The zero-order valence-electron chi connectivity index (χ0n) is 8.49. The van der Waals surface area contributed by atoms with E-state index in [0.717, 1.165) is 5.56 Å². The van der Waals surface area contributed by atoms with Crippen molar-refractivity contribution in [2.45, 2.75) is 18.6 Å². The summed E-state index contributed by atoms with van der Waals surface area (Å²) in [5.41, 5.74) is 0.309. The maximum atomic E-state index is 11.3. The summed E-state index contributed by atoms with van der Waals surface area (Å²) >= 11 is 5.87. The minimum Gasteiger partial charge on any atom is -0.467 e. The van der Waals surface area contributed by atoms with Crippen molar-refractivity contribution >= 4 is 17.6 Å². The van der Waals surface area contributed by atoms with Crippen LogP contribution in [-0.2, 0) is 19.9 Å². The van der Waals surface area contributed by atoms with E-state index in [2.05, 4.69) is 4.74 Å². The number of epoxide rings is 1. The zero-order chi connectivity index (χ0) is 11.1. The lowest BCUT2D eigenvalue weighted by Gasteiger charge is -2.06. The molecule has 15 heavy (non-hydrogen) atoms. The monoisotopic (exact) mass is 226 g/mol. The maximum absolute atomic E-state index is 11.3. The van der Waals surface area contributed by atoms with Gasteiger partial charge in [0.25, 0.3) is 0 Å². The normalized spacial score (nSPS) is 28.6. The third kappa shape index (κ3) is 1.73. The number of esters is 1. The Kier molecular flexibility index (Phi) is 2.44. The molecule has 2 atom stereocenters. The molecule has 4 heteroatoms. The van der Waals surface area contributed by atoms with Crippen LogP contribution in [0.3, 0.4) is 0 Å². The molecule has 0 bridgehead atoms. The number of hydrogen-bond acceptors (Lipinski definition) is 3. The Morgan fingerprint density at radius 2 is 2.33 bits per heavy atom. The van der Waals surface area contributed by atoms with Gasteiger partial charge in [-0.1, -0.05) is 23.7 Å². The van der Waals surface area contributed by atoms with Crippen LogP contribution in [0.2, 0.25) is 5.02 Å². The minimum absolute atomic E-state index is 0.350. The number of benzene rings is 1. The Morgan fingerprint density at radius 3 is 2.93 bits per heavy atom. The lowest BCUT2D eigenvalue weighted by Crippen LogP contribution is -2.17. The van der Waals surface area contributed by atoms with Crippen LogP contribution in [0.1, 0.15) is 12.5 Å². The number of rotatable bonds is 2. The number of methoxy groups -OCH3 is 1. The summed E-state index contributed by atoms with van der Waals surface area (Å²) in [7, 11) is 1.35. The first kappa shape index (κ1) is 10.5. The summed E-state index contributed by atoms with van der Waals surface area (Å²) in [6, 6.07) is 7.29. The molecule has 0 radical (unpaired) electrons. The first-order valence-electron chi connectivity index (χ1n) is 4.59. The average Bonchev–Trinajstić information content (AvgIpc) is 2.91. The van der Waals surface area contributed by atoms with Crippen LogP contribution in [0.4, 0.5) is 0 Å². The molecule has 1 aliphatic rings. The number of halogens is 1. The lowest BCUT2D eigenvalue weighted by molar-refractivity contribution is -0.142. The van der Waals surface area contributed by atoms with Crippen molar-refractivity contribution in [3.05, 3.63) is 34.9 Å². The third-order valence-electron chi connectivity index (χ3n) is 2.62. The predicted molar refractivity (Wildman–Crippen MR) is 55.7 cm³/mol. The van der Waals surface area contributed by atoms with Gasteiger partial charge in [-0.05, 0) is 24.6 Å². The van der Waals surface area contributed by atoms with Crippen LogP contribution < -0.4 is 0 Å². The van der Waals surface area contributed by atoms with E-state index in [4.69, 9.17) is 16.3 Å². The van der Waals surface area contributed by atoms with E-state index in [0.29, 0.717) is 5.02 Å². The fourth-order valence-corrected chi connectivity index (χ4v) is 1.80. The van der Waals surface area contributed by atoms with Gasteiger partial charge in [-0.3, -0.25) is 0 Å². The number of hydrogen-bond donors (Lipinski definition) is 0. The molecule has 1 aromatic carbocycles. The number of ether oxygens (including phenoxy) is 2. The largest absolute Gasteiger partial charge is 0.467 e. The second-order valence-corrected chi connectivity index (χ2v) is 4.07. The molecule has 0 aromatic heterocycles. The van der Waals surface area contributed by atoms with Gasteiger partial charge in [0.05, 0.1) is 7.11 Å². The SMILES string of the molecule is COC(=O)C1OC1(C)c1cccc(Cl)c1. The molecule has 0 saturated carbocycles. The van der Waals surface area contributed by atoms with Crippen LogP contribution in [-0.4, -0.2) is 19.2 Å². The average molecular weight is 227 g/mol. The highest BCUT2D eigenvalue weighted by molar-refractivity contribution is 6.30. The number of carbonyl (C=O) groups is 1. The molecule has 0 aliphatic carbocycles. The first-order valence-corrected chi connectivity index (χ1v) is 4.97. The molecule has 3 nitrogen and oxygen atoms in total. The van der Waals surface area contributed by atoms with E-state index < -0.39 is 11.7 Å². The second kappa shape index (κ2) is 3.51. The van der Waals surface area contributed by atoms with Crippen LogP contribution >= 0.6 is 11.6 Å². The van der Waals surface area contributed by atoms with Crippen LogP contribution in [0.5, 0.6) is 0 Å². The van der Waals surface area contributed by atoms with Crippen LogP contribution in [0.15, 0.2) is 24.3 Å². The van der Waals surface area contributed by atoms with Crippen molar-refractivity contribution in [3.8, 4) is 0 Å². The predicted octanol–water partition coefficient (Wildman–Crippen LogP) is 2.13. The highest BCUT2D eigenvalue weighted by Crippen LogP contribution is 2.46. The molecular formula is C11H11ClO3. The van der Waals surface area contributed by atoms with Crippen molar-refractivity contribution in [3.63, 3.8) is 0 Å². The molecule has 1 fully saturated rings. The molecule has 2 unspecified atom stereocenters. The van der Waals surface area contributed by atoms with Crippen LogP contribution in [0, 0.1) is 0 Å². The van der Waals surface area contributed by atoms with Gasteiger partial charge in [-0.15, -0.1) is 0 Å². The minimum atomic E-state index is -0.585. The molecule has 0 N–H and O–H groups in total. The Balaban J connectivity index is 2.23. The summed E-state index contributed by atoms with van der Waals surface area (Å²) < 4.78 is 9.99. The molecule has 0 spiro atoms. The van der Waals surface area contributed by atoms with Crippen LogP contribution in [0.25, 0.3) is 0 Å². The van der Waals surface area contributed by atoms with Gasteiger partial charge in [0, 0.05) is 5.02 Å². The van der Waals surface area contributed by atoms with E-state index in [9.17, 15) is 4.79 Å². The maximum Gasteiger partial charge on any atom is 0.338 e. The lowest BCUT2D eigenvalue weighted by atomic mass is 9.97. The zero-order valence-corrected chi connectivity index (χ0v) is 9.25. The molecule has 80 valence electrons. The highest BCUT2D eigenvalue weighted by atomic mass is 35.5. The fourth-order valence-electron chi connectivity index (χ4n) is 1.61. The summed E-state index contributed by atoms with van der Waals surface area (Å²) in [4.78, 5) is 11.3. The summed E-state index contributed by atoms with van der Waals surface area (Å²) in [5.74, 6) is -0.350. The molecule has 2 rings (SSSR count). The second-order valence-electron chi connectivity index (χ2n) is 3.64. The Hall–Kier alpha value is -1.06. The van der Waals surface area contributed by atoms with Gasteiger partial charge in [0.2, 0.25) is 0 Å². The standard InChI is InChI=1S/C11H11ClO3/c1-11(9(15-11)10(13)14-2)7-4-3-5-8(12)6-7/h3-6,9H,1-2H3. The van der Waals surface area contributed by atoms with Crippen molar-refractivity contribution < 1.29 is 14.3 Å². The van der Waals surface area contributed by atoms with E-state index in [1.807, 2.05) is 19.1 Å². The van der Waals surface area contributed by atoms with E-state index in [1.165, 1.54) is 7.11 Å². The summed E-state index contributed by atoms with van der Waals surface area (Å²) in [5, 5.41) is 0.632. The Bertz CT molecular complexity index is 405. The molecule has 1 aliphatic heterocycles. The Labute approximate surface area is 92.9 Å². The molecule has 1 heterocycles. The van der Waals surface area contributed by atoms with Crippen molar-refractivity contribution in [1.29, 1.82) is 0 Å². The van der Waals surface area contributed by atoms with Gasteiger partial charge >= 0.3 is 5.97 Å². The first-order chi connectivity index (χ1) is 7.08. The summed E-state index contributed by atoms with van der Waals surface area (Å²) in [6.45, 7) is 1.85. The molecular weight excluding hydrogens is 216 g/mol. The van der Waals surface area contributed by atoms with E-state index in [1.54, 1.807) is 12.1 Å².